The summed E-state index contributed by atoms with van der Waals surface area (Å²) in [5.74, 6) is -0.0875. The highest BCUT2D eigenvalue weighted by Gasteiger charge is 2.35. The molecule has 1 aromatic heterocycles. The smallest absolute Gasteiger partial charge is 0.228 e. The molecule has 1 aliphatic heterocycles. The summed E-state index contributed by atoms with van der Waals surface area (Å²) in [6, 6.07) is 0. The normalized spacial score (nSPS) is 20.4. The summed E-state index contributed by atoms with van der Waals surface area (Å²) < 4.78 is 0. The highest BCUT2D eigenvalue weighted by molar-refractivity contribution is 5.89. The van der Waals surface area contributed by atoms with Crippen molar-refractivity contribution < 1.29 is 9.59 Å². The highest BCUT2D eigenvalue weighted by atomic mass is 16.2. The van der Waals surface area contributed by atoms with Crippen LogP contribution in [-0.2, 0) is 29.0 Å². The average Bonchev–Trinajstić information content (AvgIpc) is 3.06. The van der Waals surface area contributed by atoms with Crippen LogP contribution in [0.25, 0.3) is 0 Å². The quantitative estimate of drug-likeness (QED) is 0.769. The lowest BCUT2D eigenvalue weighted by Gasteiger charge is -2.22. The van der Waals surface area contributed by atoms with Gasteiger partial charge in [-0.25, -0.2) is 0 Å². The molecule has 144 valence electrons. The Morgan fingerprint density at radius 3 is 2.77 bits per heavy atom. The summed E-state index contributed by atoms with van der Waals surface area (Å²) in [4.78, 5) is 30.6. The molecule has 3 rings (SSSR count). The van der Waals surface area contributed by atoms with Crippen molar-refractivity contribution in [1.82, 2.24) is 24.9 Å². The molecule has 1 aliphatic carbocycles. The molecule has 0 unspecified atom stereocenters. The molecule has 1 atom stereocenters. The number of aryl methyl sites for hydroxylation is 1. The van der Waals surface area contributed by atoms with Crippen molar-refractivity contribution in [3.05, 3.63) is 17.0 Å². The Morgan fingerprint density at radius 1 is 1.23 bits per heavy atom. The molecule has 2 heterocycles. The van der Waals surface area contributed by atoms with Gasteiger partial charge in [0, 0.05) is 38.8 Å². The molecule has 1 saturated heterocycles. The third-order valence-electron chi connectivity index (χ3n) is 5.54. The van der Waals surface area contributed by atoms with Gasteiger partial charge in [0.25, 0.3) is 0 Å². The van der Waals surface area contributed by atoms with Crippen LogP contribution < -0.4 is 0 Å². The first-order chi connectivity index (χ1) is 12.5. The number of nitrogens with zero attached hydrogens (tertiary/aromatic N) is 4. The predicted octanol–water partition coefficient (Wildman–Crippen LogP) is 1.05. The molecule has 2 aliphatic rings. The number of hydrogen-bond acceptors (Lipinski definition) is 4. The highest BCUT2D eigenvalue weighted by Crippen LogP contribution is 2.24. The van der Waals surface area contributed by atoms with Crippen LogP contribution in [0.1, 0.15) is 42.6 Å². The van der Waals surface area contributed by atoms with Crippen LogP contribution in [-0.4, -0.2) is 77.5 Å². The topological polar surface area (TPSA) is 72.5 Å². The number of hydrogen-bond donors (Lipinski definition) is 1. The first kappa shape index (κ1) is 18.9. The van der Waals surface area contributed by atoms with E-state index in [-0.39, 0.29) is 17.7 Å². The number of rotatable bonds is 6. The molecule has 1 aromatic rings. The lowest BCUT2D eigenvalue weighted by Crippen LogP contribution is -2.36. The minimum atomic E-state index is -0.229. The number of likely N-dealkylation sites (tertiary alicyclic amines) is 1. The molecule has 0 bridgehead atoms. The zero-order chi connectivity index (χ0) is 18.7. The number of likely N-dealkylation sites (N-methyl/N-ethyl adjacent to an activating group) is 1. The standard InChI is InChI=1S/C19H31N5O2/c1-22(2)9-10-24-12-14(11-18(24)25)19(26)23(3)13-17-15-7-5-4-6-8-16(15)20-21-17/h14H,4-13H2,1-3H3,(H,20,21)/t14-/m1/s1. The van der Waals surface area contributed by atoms with Crippen LogP contribution >= 0.6 is 0 Å². The predicted molar refractivity (Wildman–Crippen MR) is 99.6 cm³/mol. The van der Waals surface area contributed by atoms with Gasteiger partial charge >= 0.3 is 0 Å². The van der Waals surface area contributed by atoms with E-state index in [1.165, 1.54) is 30.5 Å². The molecule has 0 aromatic carbocycles. The van der Waals surface area contributed by atoms with Crippen molar-refractivity contribution in [3.63, 3.8) is 0 Å². The van der Waals surface area contributed by atoms with E-state index in [0.29, 0.717) is 26.1 Å². The van der Waals surface area contributed by atoms with Gasteiger partial charge in [0.1, 0.15) is 0 Å². The molecular formula is C19H31N5O2. The molecule has 7 nitrogen and oxygen atoms in total. The van der Waals surface area contributed by atoms with Crippen LogP contribution in [0.2, 0.25) is 0 Å². The summed E-state index contributed by atoms with van der Waals surface area (Å²) >= 11 is 0. The van der Waals surface area contributed by atoms with Crippen LogP contribution in [0.4, 0.5) is 0 Å². The summed E-state index contributed by atoms with van der Waals surface area (Å²) in [5.41, 5.74) is 3.54. The number of amides is 2. The van der Waals surface area contributed by atoms with Crippen molar-refractivity contribution in [2.45, 2.75) is 45.1 Å². The van der Waals surface area contributed by atoms with Gasteiger partial charge in [0.2, 0.25) is 11.8 Å². The number of aromatic nitrogens is 2. The van der Waals surface area contributed by atoms with Crippen molar-refractivity contribution in [3.8, 4) is 0 Å². The van der Waals surface area contributed by atoms with Gasteiger partial charge < -0.3 is 14.7 Å². The zero-order valence-electron chi connectivity index (χ0n) is 16.3. The van der Waals surface area contributed by atoms with Crippen molar-refractivity contribution >= 4 is 11.8 Å². The lowest BCUT2D eigenvalue weighted by molar-refractivity contribution is -0.135. The van der Waals surface area contributed by atoms with Gasteiger partial charge in [-0.05, 0) is 45.3 Å². The molecule has 1 fully saturated rings. The monoisotopic (exact) mass is 361 g/mol. The van der Waals surface area contributed by atoms with E-state index in [4.69, 9.17) is 0 Å². The maximum Gasteiger partial charge on any atom is 0.228 e. The Labute approximate surface area is 155 Å². The molecule has 7 heteroatoms. The first-order valence-electron chi connectivity index (χ1n) is 9.68. The van der Waals surface area contributed by atoms with Gasteiger partial charge in [-0.3, -0.25) is 14.7 Å². The van der Waals surface area contributed by atoms with Crippen LogP contribution in [0, 0.1) is 5.92 Å². The van der Waals surface area contributed by atoms with Gasteiger partial charge in [0.15, 0.2) is 0 Å². The molecule has 0 radical (unpaired) electrons. The molecule has 0 spiro atoms. The number of H-pyrrole nitrogens is 1. The largest absolute Gasteiger partial charge is 0.341 e. The summed E-state index contributed by atoms with van der Waals surface area (Å²) in [6.45, 7) is 2.57. The number of nitrogens with one attached hydrogen (secondary N) is 1. The second-order valence-electron chi connectivity index (χ2n) is 7.93. The zero-order valence-corrected chi connectivity index (χ0v) is 16.3. The first-order valence-corrected chi connectivity index (χ1v) is 9.68. The maximum absolute atomic E-state index is 12.8. The van der Waals surface area contributed by atoms with Crippen LogP contribution in [0.15, 0.2) is 0 Å². The van der Waals surface area contributed by atoms with E-state index in [9.17, 15) is 9.59 Å². The van der Waals surface area contributed by atoms with Crippen molar-refractivity contribution in [1.29, 1.82) is 0 Å². The lowest BCUT2D eigenvalue weighted by atomic mass is 10.1. The second kappa shape index (κ2) is 8.20. The third-order valence-corrected chi connectivity index (χ3v) is 5.54. The maximum atomic E-state index is 12.8. The molecule has 2 amide bonds. The Balaban J connectivity index is 1.58. The SMILES string of the molecule is CN(C)CCN1C[C@H](C(=O)N(C)Cc2n[nH]c3c2CCCCC3)CC1=O. The minimum absolute atomic E-state index is 0.0519. The number of carbonyl (C=O) groups excluding carboxylic acids is 2. The number of aromatic amines is 1. The molecule has 0 saturated carbocycles. The van der Waals surface area contributed by atoms with E-state index in [2.05, 4.69) is 15.1 Å². The number of fused-ring (bicyclic) bond motifs is 1. The average molecular weight is 361 g/mol. The summed E-state index contributed by atoms with van der Waals surface area (Å²) in [5, 5.41) is 7.63. The fourth-order valence-electron chi connectivity index (χ4n) is 3.95. The van der Waals surface area contributed by atoms with E-state index in [1.807, 2.05) is 26.0 Å². The summed E-state index contributed by atoms with van der Waals surface area (Å²) in [7, 11) is 5.81. The Bertz CT molecular complexity index is 654. The van der Waals surface area contributed by atoms with Gasteiger partial charge in [0.05, 0.1) is 18.2 Å². The van der Waals surface area contributed by atoms with Crippen molar-refractivity contribution in [2.24, 2.45) is 5.92 Å². The summed E-state index contributed by atoms with van der Waals surface area (Å²) in [6.07, 6.45) is 6.08. The van der Waals surface area contributed by atoms with E-state index in [1.54, 1.807) is 4.90 Å². The Hall–Kier alpha value is -1.89. The van der Waals surface area contributed by atoms with E-state index in [0.717, 1.165) is 25.1 Å². The Kier molecular flexibility index (Phi) is 5.96. The third kappa shape index (κ3) is 4.26. The molecule has 1 N–H and O–H groups in total. The number of carbonyl (C=O) groups is 2. The van der Waals surface area contributed by atoms with Gasteiger partial charge in [-0.15, -0.1) is 0 Å². The second-order valence-corrected chi connectivity index (χ2v) is 7.93. The molecule has 26 heavy (non-hydrogen) atoms. The van der Waals surface area contributed by atoms with Gasteiger partial charge in [-0.2, -0.15) is 5.10 Å². The fraction of sp³-hybridized carbons (Fsp3) is 0.737. The molecular weight excluding hydrogens is 330 g/mol. The minimum Gasteiger partial charge on any atom is -0.341 e. The van der Waals surface area contributed by atoms with Crippen LogP contribution in [0.3, 0.4) is 0 Å². The van der Waals surface area contributed by atoms with E-state index < -0.39 is 0 Å². The van der Waals surface area contributed by atoms with Crippen LogP contribution in [0.5, 0.6) is 0 Å². The van der Waals surface area contributed by atoms with Gasteiger partial charge in [-0.1, -0.05) is 6.42 Å². The van der Waals surface area contributed by atoms with Crippen molar-refractivity contribution in [2.75, 3.05) is 40.8 Å². The fourth-order valence-corrected chi connectivity index (χ4v) is 3.95. The van der Waals surface area contributed by atoms with E-state index >= 15 is 0 Å². The Morgan fingerprint density at radius 2 is 2.00 bits per heavy atom.